The van der Waals surface area contributed by atoms with E-state index in [2.05, 4.69) is 26.9 Å². The molecule has 1 amide bonds. The molecule has 2 saturated carbocycles. The van der Waals surface area contributed by atoms with Gasteiger partial charge >= 0.3 is 0 Å². The maximum atomic E-state index is 12.8. The molecule has 4 heteroatoms. The summed E-state index contributed by atoms with van der Waals surface area (Å²) in [5, 5.41) is 0. The van der Waals surface area contributed by atoms with Gasteiger partial charge in [-0.2, -0.15) is 0 Å². The molecule has 136 valence electrons. The van der Waals surface area contributed by atoms with Gasteiger partial charge in [0.25, 0.3) is 0 Å². The number of hydrogen-bond donors (Lipinski definition) is 0. The van der Waals surface area contributed by atoms with Crippen LogP contribution in [0.1, 0.15) is 50.5 Å². The average molecular weight is 341 g/mol. The average Bonchev–Trinajstić information content (AvgIpc) is 3.25. The molecule has 4 rings (SSSR count). The highest BCUT2D eigenvalue weighted by molar-refractivity contribution is 5.76. The maximum Gasteiger partial charge on any atom is 0.222 e. The first kappa shape index (κ1) is 17.0. The third-order valence-electron chi connectivity index (χ3n) is 6.98. The lowest BCUT2D eigenvalue weighted by Crippen LogP contribution is -2.45. The number of fused-ring (bicyclic) bond motifs is 2. The second-order valence-electron chi connectivity index (χ2n) is 8.51. The Balaban J connectivity index is 1.23. The van der Waals surface area contributed by atoms with E-state index < -0.39 is 0 Å². The molecule has 0 radical (unpaired) electrons. The smallest absolute Gasteiger partial charge is 0.222 e. The molecule has 1 aromatic heterocycles. The molecule has 3 fully saturated rings. The predicted molar refractivity (Wildman–Crippen MR) is 98.9 cm³/mol. The van der Waals surface area contributed by atoms with E-state index in [4.69, 9.17) is 0 Å². The lowest BCUT2D eigenvalue weighted by atomic mass is 9.86. The molecule has 3 aliphatic rings. The number of likely N-dealkylation sites (tertiary alicyclic amines) is 1. The van der Waals surface area contributed by atoms with Crippen LogP contribution in [0.15, 0.2) is 24.5 Å². The van der Waals surface area contributed by atoms with E-state index in [1.165, 1.54) is 31.2 Å². The van der Waals surface area contributed by atoms with E-state index in [1.807, 2.05) is 19.4 Å². The first-order chi connectivity index (χ1) is 12.2. The van der Waals surface area contributed by atoms with Gasteiger partial charge in [-0.05, 0) is 67.6 Å². The van der Waals surface area contributed by atoms with Gasteiger partial charge in [0.1, 0.15) is 0 Å². The van der Waals surface area contributed by atoms with Crippen LogP contribution in [0, 0.1) is 17.8 Å². The fraction of sp³-hybridized carbons (Fsp3) is 0.714. The molecule has 2 aliphatic carbocycles. The minimum Gasteiger partial charge on any atom is -0.343 e. The zero-order valence-corrected chi connectivity index (χ0v) is 15.4. The van der Waals surface area contributed by atoms with Gasteiger partial charge in [0.15, 0.2) is 0 Å². The van der Waals surface area contributed by atoms with Crippen molar-refractivity contribution in [3.8, 4) is 0 Å². The molecule has 1 saturated heterocycles. The number of nitrogens with zero attached hydrogens (tertiary/aromatic N) is 3. The molecule has 1 aromatic rings. The second-order valence-corrected chi connectivity index (χ2v) is 8.51. The third kappa shape index (κ3) is 3.89. The monoisotopic (exact) mass is 341 g/mol. The number of carbonyl (C=O) groups is 1. The zero-order chi connectivity index (χ0) is 17.2. The lowest BCUT2D eigenvalue weighted by Gasteiger charge is -2.37. The number of carbonyl (C=O) groups excluding carboxylic acids is 1. The summed E-state index contributed by atoms with van der Waals surface area (Å²) in [4.78, 5) is 21.4. The van der Waals surface area contributed by atoms with Gasteiger partial charge < -0.3 is 4.90 Å². The summed E-state index contributed by atoms with van der Waals surface area (Å²) < 4.78 is 0. The fourth-order valence-electron chi connectivity index (χ4n) is 5.41. The molecule has 0 unspecified atom stereocenters. The number of hydrogen-bond acceptors (Lipinski definition) is 3. The van der Waals surface area contributed by atoms with E-state index in [0.717, 1.165) is 50.7 Å². The molecule has 0 aromatic carbocycles. The Morgan fingerprint density at radius 3 is 2.56 bits per heavy atom. The number of piperidine rings is 1. The van der Waals surface area contributed by atoms with Crippen LogP contribution < -0.4 is 0 Å². The normalized spacial score (nSPS) is 29.9. The van der Waals surface area contributed by atoms with Crippen LogP contribution in [0.5, 0.6) is 0 Å². The Morgan fingerprint density at radius 1 is 1.16 bits per heavy atom. The van der Waals surface area contributed by atoms with Gasteiger partial charge in [-0.1, -0.05) is 6.42 Å². The second kappa shape index (κ2) is 7.45. The van der Waals surface area contributed by atoms with E-state index in [-0.39, 0.29) is 0 Å². The molecular formula is C21H31N3O. The number of rotatable bonds is 5. The van der Waals surface area contributed by atoms with Crippen molar-refractivity contribution < 1.29 is 4.79 Å². The largest absolute Gasteiger partial charge is 0.343 e. The van der Waals surface area contributed by atoms with Gasteiger partial charge in [0.2, 0.25) is 5.91 Å². The molecular weight excluding hydrogens is 310 g/mol. The van der Waals surface area contributed by atoms with Crippen molar-refractivity contribution in [3.63, 3.8) is 0 Å². The lowest BCUT2D eigenvalue weighted by molar-refractivity contribution is -0.134. The Morgan fingerprint density at radius 2 is 1.92 bits per heavy atom. The zero-order valence-electron chi connectivity index (χ0n) is 15.4. The van der Waals surface area contributed by atoms with Crippen molar-refractivity contribution in [3.05, 3.63) is 30.1 Å². The highest BCUT2D eigenvalue weighted by atomic mass is 16.2. The first-order valence-electron chi connectivity index (χ1n) is 10.1. The summed E-state index contributed by atoms with van der Waals surface area (Å²) in [5.74, 6) is 2.86. The van der Waals surface area contributed by atoms with Crippen molar-refractivity contribution >= 4 is 5.91 Å². The first-order valence-corrected chi connectivity index (χ1v) is 10.1. The summed E-state index contributed by atoms with van der Waals surface area (Å²) in [5.41, 5.74) is 1.33. The fourth-order valence-corrected chi connectivity index (χ4v) is 5.41. The van der Waals surface area contributed by atoms with Crippen molar-refractivity contribution in [1.29, 1.82) is 0 Å². The Bertz CT molecular complexity index is 582. The minimum absolute atomic E-state index is 0.394. The van der Waals surface area contributed by atoms with Crippen LogP contribution in [-0.4, -0.2) is 46.9 Å². The molecule has 3 atom stereocenters. The Labute approximate surface area is 151 Å². The van der Waals surface area contributed by atoms with Crippen LogP contribution in [0.25, 0.3) is 0 Å². The Hall–Kier alpha value is -1.42. The van der Waals surface area contributed by atoms with Gasteiger partial charge in [-0.3, -0.25) is 14.7 Å². The standard InChI is InChI=1S/C21H31N3O/c1-23(21(25)14-19-13-17-2-3-18(19)12-17)20-6-10-24(11-7-20)15-16-4-8-22-9-5-16/h4-5,8-9,17-20H,2-3,6-7,10-15H2,1H3/t17-,18-,19-/m0/s1. The van der Waals surface area contributed by atoms with Crippen molar-refractivity contribution in [1.82, 2.24) is 14.8 Å². The van der Waals surface area contributed by atoms with Crippen LogP contribution in [0.2, 0.25) is 0 Å². The molecule has 2 bridgehead atoms. The minimum atomic E-state index is 0.394. The van der Waals surface area contributed by atoms with E-state index in [9.17, 15) is 4.79 Å². The predicted octanol–water partition coefficient (Wildman–Crippen LogP) is 3.33. The summed E-state index contributed by atoms with van der Waals surface area (Å²) in [6.07, 6.45) is 12.2. The number of pyridine rings is 1. The summed E-state index contributed by atoms with van der Waals surface area (Å²) in [6, 6.07) is 4.62. The van der Waals surface area contributed by atoms with Crippen LogP contribution in [0.4, 0.5) is 0 Å². The Kier molecular flexibility index (Phi) is 5.07. The van der Waals surface area contributed by atoms with Crippen molar-refractivity contribution in [2.75, 3.05) is 20.1 Å². The summed E-state index contributed by atoms with van der Waals surface area (Å²) >= 11 is 0. The molecule has 0 N–H and O–H groups in total. The third-order valence-corrected chi connectivity index (χ3v) is 6.98. The van der Waals surface area contributed by atoms with Gasteiger partial charge in [0, 0.05) is 51.5 Å². The SMILES string of the molecule is CN(C(=O)C[C@@H]1C[C@H]2CC[C@H]1C2)C1CCN(Cc2ccncc2)CC1. The van der Waals surface area contributed by atoms with Gasteiger partial charge in [-0.15, -0.1) is 0 Å². The molecule has 2 heterocycles. The van der Waals surface area contributed by atoms with Crippen molar-refractivity contribution in [2.24, 2.45) is 17.8 Å². The molecule has 1 aliphatic heterocycles. The summed E-state index contributed by atoms with van der Waals surface area (Å²) in [6.45, 7) is 3.16. The topological polar surface area (TPSA) is 36.4 Å². The van der Waals surface area contributed by atoms with Gasteiger partial charge in [0.05, 0.1) is 0 Å². The molecule has 0 spiro atoms. The highest BCUT2D eigenvalue weighted by Gasteiger charge is 2.40. The van der Waals surface area contributed by atoms with E-state index in [0.29, 0.717) is 17.9 Å². The van der Waals surface area contributed by atoms with Crippen LogP contribution in [-0.2, 0) is 11.3 Å². The van der Waals surface area contributed by atoms with E-state index >= 15 is 0 Å². The highest BCUT2D eigenvalue weighted by Crippen LogP contribution is 2.49. The number of amides is 1. The van der Waals surface area contributed by atoms with Crippen LogP contribution >= 0.6 is 0 Å². The molecule has 25 heavy (non-hydrogen) atoms. The quantitative estimate of drug-likeness (QED) is 0.824. The van der Waals surface area contributed by atoms with Crippen molar-refractivity contribution in [2.45, 2.75) is 57.5 Å². The van der Waals surface area contributed by atoms with E-state index in [1.54, 1.807) is 0 Å². The number of aromatic nitrogens is 1. The molecule has 4 nitrogen and oxygen atoms in total. The maximum absolute atomic E-state index is 12.8. The van der Waals surface area contributed by atoms with Gasteiger partial charge in [-0.25, -0.2) is 0 Å². The summed E-state index contributed by atoms with van der Waals surface area (Å²) in [7, 11) is 2.04. The van der Waals surface area contributed by atoms with Crippen LogP contribution in [0.3, 0.4) is 0 Å².